The lowest BCUT2D eigenvalue weighted by Crippen LogP contribution is -2.49. The van der Waals surface area contributed by atoms with Crippen LogP contribution < -0.4 is 0 Å². The van der Waals surface area contributed by atoms with Crippen molar-refractivity contribution in [3.63, 3.8) is 0 Å². The van der Waals surface area contributed by atoms with Gasteiger partial charge in [0.25, 0.3) is 0 Å². The first-order valence-electron chi connectivity index (χ1n) is 7.21. The van der Waals surface area contributed by atoms with Crippen LogP contribution in [0.1, 0.15) is 39.4 Å². The molecule has 3 rings (SSSR count). The maximum atomic E-state index is 9.48. The van der Waals surface area contributed by atoms with Gasteiger partial charge in [-0.05, 0) is 45.7 Å². The van der Waals surface area contributed by atoms with Crippen molar-refractivity contribution in [2.24, 2.45) is 5.92 Å². The Bertz CT molecular complexity index is 587. The Morgan fingerprint density at radius 1 is 1.35 bits per heavy atom. The number of aliphatic hydroxyl groups is 1. The van der Waals surface area contributed by atoms with E-state index >= 15 is 0 Å². The van der Waals surface area contributed by atoms with Crippen LogP contribution in [0.5, 0.6) is 0 Å². The Morgan fingerprint density at radius 2 is 2.10 bits per heavy atom. The number of H-pyrrole nitrogens is 1. The normalized spacial score (nSPS) is 29.7. The molecular formula is C16H22N2O2. The Morgan fingerprint density at radius 3 is 2.75 bits per heavy atom. The van der Waals surface area contributed by atoms with Gasteiger partial charge >= 0.3 is 0 Å². The number of rotatable bonds is 2. The fraction of sp³-hybridized carbons (Fsp3) is 0.562. The summed E-state index contributed by atoms with van der Waals surface area (Å²) in [6.07, 6.45) is 1.80. The summed E-state index contributed by atoms with van der Waals surface area (Å²) >= 11 is 0. The summed E-state index contributed by atoms with van der Waals surface area (Å²) in [5.41, 5.74) is 1.23. The molecule has 4 nitrogen and oxygen atoms in total. The summed E-state index contributed by atoms with van der Waals surface area (Å²) in [5.74, 6) is 1.06. The molecule has 1 aliphatic heterocycles. The van der Waals surface area contributed by atoms with Crippen molar-refractivity contribution in [2.45, 2.75) is 44.8 Å². The molecule has 1 fully saturated rings. The molecule has 1 unspecified atom stereocenters. The minimum Gasteiger partial charge on any atom is -0.396 e. The highest BCUT2D eigenvalue weighted by Crippen LogP contribution is 2.43. The van der Waals surface area contributed by atoms with Crippen LogP contribution >= 0.6 is 0 Å². The first kappa shape index (κ1) is 13.6. The lowest BCUT2D eigenvalue weighted by Gasteiger charge is -2.46. The number of benzene rings is 1. The van der Waals surface area contributed by atoms with Crippen molar-refractivity contribution in [3.8, 4) is 0 Å². The summed E-state index contributed by atoms with van der Waals surface area (Å²) < 4.78 is 6.33. The molecule has 1 saturated heterocycles. The molecule has 0 bridgehead atoms. The lowest BCUT2D eigenvalue weighted by molar-refractivity contribution is -0.207. The fourth-order valence-electron chi connectivity index (χ4n) is 3.19. The number of nitrogens with one attached hydrogen (secondary N) is 1. The monoisotopic (exact) mass is 274 g/mol. The molecule has 0 aliphatic carbocycles. The SMILES string of the molecule is CC1(C)O[C@@](C)(c2nc3ccccc3[nH]2)CCC1CO. The zero-order valence-electron chi connectivity index (χ0n) is 12.3. The first-order chi connectivity index (χ1) is 9.44. The molecule has 20 heavy (non-hydrogen) atoms. The molecule has 1 aromatic carbocycles. The third kappa shape index (κ3) is 2.13. The average molecular weight is 274 g/mol. The number of hydrogen-bond donors (Lipinski definition) is 2. The highest BCUT2D eigenvalue weighted by molar-refractivity contribution is 5.74. The second-order valence-electron chi connectivity index (χ2n) is 6.46. The highest BCUT2D eigenvalue weighted by Gasteiger charge is 2.45. The van der Waals surface area contributed by atoms with E-state index in [9.17, 15) is 5.11 Å². The number of ether oxygens (including phenoxy) is 1. The lowest BCUT2D eigenvalue weighted by atomic mass is 9.79. The van der Waals surface area contributed by atoms with Crippen molar-refractivity contribution in [1.29, 1.82) is 0 Å². The van der Waals surface area contributed by atoms with Gasteiger partial charge in [0.05, 0.1) is 16.6 Å². The summed E-state index contributed by atoms with van der Waals surface area (Å²) in [5, 5.41) is 9.48. The molecule has 2 atom stereocenters. The molecular weight excluding hydrogens is 252 g/mol. The molecule has 0 radical (unpaired) electrons. The van der Waals surface area contributed by atoms with E-state index in [0.29, 0.717) is 0 Å². The Hall–Kier alpha value is -1.39. The van der Waals surface area contributed by atoms with Crippen LogP contribution in [0.25, 0.3) is 11.0 Å². The number of hydrogen-bond acceptors (Lipinski definition) is 3. The van der Waals surface area contributed by atoms with Gasteiger partial charge in [-0.1, -0.05) is 12.1 Å². The third-order valence-corrected chi connectivity index (χ3v) is 4.55. The van der Waals surface area contributed by atoms with Gasteiger partial charge in [-0.25, -0.2) is 4.98 Å². The molecule has 0 amide bonds. The minimum atomic E-state index is -0.422. The van der Waals surface area contributed by atoms with Gasteiger partial charge in [-0.15, -0.1) is 0 Å². The van der Waals surface area contributed by atoms with Crippen molar-refractivity contribution in [1.82, 2.24) is 9.97 Å². The quantitative estimate of drug-likeness (QED) is 0.885. The van der Waals surface area contributed by atoms with E-state index in [0.717, 1.165) is 29.7 Å². The van der Waals surface area contributed by atoms with Gasteiger partial charge in [-0.3, -0.25) is 0 Å². The average Bonchev–Trinajstić information content (AvgIpc) is 2.82. The number of aliphatic hydroxyl groups excluding tert-OH is 1. The van der Waals surface area contributed by atoms with Crippen molar-refractivity contribution in [3.05, 3.63) is 30.1 Å². The van der Waals surface area contributed by atoms with Crippen LogP contribution in [0.4, 0.5) is 0 Å². The molecule has 4 heteroatoms. The molecule has 2 aromatic rings. The predicted molar refractivity (Wildman–Crippen MR) is 78.4 cm³/mol. The van der Waals surface area contributed by atoms with E-state index in [2.05, 4.69) is 16.9 Å². The Balaban J connectivity index is 1.96. The molecule has 108 valence electrons. The molecule has 2 N–H and O–H groups in total. The van der Waals surface area contributed by atoms with Crippen LogP contribution in [0.2, 0.25) is 0 Å². The van der Waals surface area contributed by atoms with Crippen LogP contribution in [-0.4, -0.2) is 27.3 Å². The molecule has 1 aromatic heterocycles. The smallest absolute Gasteiger partial charge is 0.139 e. The van der Waals surface area contributed by atoms with Gasteiger partial charge < -0.3 is 14.8 Å². The summed E-state index contributed by atoms with van der Waals surface area (Å²) in [4.78, 5) is 8.06. The molecule has 1 aliphatic rings. The number of fused-ring (bicyclic) bond motifs is 1. The van der Waals surface area contributed by atoms with Gasteiger partial charge in [0.1, 0.15) is 11.4 Å². The first-order valence-corrected chi connectivity index (χ1v) is 7.21. The molecule has 0 spiro atoms. The topological polar surface area (TPSA) is 58.1 Å². The minimum absolute atomic E-state index is 0.170. The van der Waals surface area contributed by atoms with E-state index in [1.807, 2.05) is 38.1 Å². The number of aromatic nitrogens is 2. The van der Waals surface area contributed by atoms with E-state index in [-0.39, 0.29) is 18.1 Å². The van der Waals surface area contributed by atoms with Crippen molar-refractivity contribution < 1.29 is 9.84 Å². The Labute approximate surface area is 119 Å². The maximum absolute atomic E-state index is 9.48. The van der Waals surface area contributed by atoms with Gasteiger partial charge in [-0.2, -0.15) is 0 Å². The number of imidazole rings is 1. The number of para-hydroxylation sites is 2. The largest absolute Gasteiger partial charge is 0.396 e. The summed E-state index contributed by atoms with van der Waals surface area (Å²) in [6.45, 7) is 6.35. The second kappa shape index (κ2) is 4.57. The van der Waals surface area contributed by atoms with E-state index in [1.54, 1.807) is 0 Å². The molecule has 0 saturated carbocycles. The zero-order valence-corrected chi connectivity index (χ0v) is 12.3. The fourth-order valence-corrected chi connectivity index (χ4v) is 3.19. The van der Waals surface area contributed by atoms with Crippen molar-refractivity contribution in [2.75, 3.05) is 6.61 Å². The third-order valence-electron chi connectivity index (χ3n) is 4.55. The number of aromatic amines is 1. The van der Waals surface area contributed by atoms with Gasteiger partial charge in [0.15, 0.2) is 0 Å². The Kier molecular flexibility index (Phi) is 3.10. The standard InChI is InChI=1S/C16H22N2O2/c1-15(2)11(10-19)8-9-16(3,20-15)14-17-12-6-4-5-7-13(12)18-14/h4-7,11,19H,8-10H2,1-3H3,(H,17,18)/t11?,16-/m1/s1. The summed E-state index contributed by atoms with van der Waals surface area (Å²) in [6, 6.07) is 8.02. The van der Waals surface area contributed by atoms with Crippen LogP contribution in [0.3, 0.4) is 0 Å². The van der Waals surface area contributed by atoms with E-state index < -0.39 is 5.60 Å². The summed E-state index contributed by atoms with van der Waals surface area (Å²) in [7, 11) is 0. The predicted octanol–water partition coefficient (Wildman–Crippen LogP) is 2.98. The molecule has 2 heterocycles. The zero-order chi connectivity index (χ0) is 14.4. The van der Waals surface area contributed by atoms with Crippen LogP contribution in [-0.2, 0) is 10.3 Å². The highest BCUT2D eigenvalue weighted by atomic mass is 16.5. The maximum Gasteiger partial charge on any atom is 0.139 e. The van der Waals surface area contributed by atoms with E-state index in [1.165, 1.54) is 0 Å². The van der Waals surface area contributed by atoms with Gasteiger partial charge in [0.2, 0.25) is 0 Å². The van der Waals surface area contributed by atoms with Crippen LogP contribution in [0, 0.1) is 5.92 Å². The van der Waals surface area contributed by atoms with Crippen molar-refractivity contribution >= 4 is 11.0 Å². The second-order valence-corrected chi connectivity index (χ2v) is 6.46. The van der Waals surface area contributed by atoms with E-state index in [4.69, 9.17) is 4.74 Å². The number of nitrogens with zero attached hydrogens (tertiary/aromatic N) is 1. The van der Waals surface area contributed by atoms with Gasteiger partial charge in [0, 0.05) is 12.5 Å². The van der Waals surface area contributed by atoms with Crippen LogP contribution in [0.15, 0.2) is 24.3 Å².